The summed E-state index contributed by atoms with van der Waals surface area (Å²) in [5, 5.41) is 10.5. The Balaban J connectivity index is 1.61. The van der Waals surface area contributed by atoms with Crippen molar-refractivity contribution in [2.45, 2.75) is 38.6 Å². The van der Waals surface area contributed by atoms with Crippen LogP contribution in [0.1, 0.15) is 36.7 Å². The van der Waals surface area contributed by atoms with E-state index in [9.17, 15) is 14.7 Å². The third-order valence-electron chi connectivity index (χ3n) is 3.89. The second-order valence-corrected chi connectivity index (χ2v) is 8.18. The topological polar surface area (TPSA) is 85.3 Å². The molecule has 136 valence electrons. The Morgan fingerprint density at radius 1 is 1.40 bits per heavy atom. The van der Waals surface area contributed by atoms with Gasteiger partial charge in [0.25, 0.3) is 0 Å². The van der Waals surface area contributed by atoms with E-state index < -0.39 is 17.3 Å². The van der Waals surface area contributed by atoms with Gasteiger partial charge in [0.15, 0.2) is 0 Å². The lowest BCUT2D eigenvalue weighted by Crippen LogP contribution is -2.66. The Morgan fingerprint density at radius 3 is 2.72 bits per heavy atom. The molecule has 2 aliphatic heterocycles. The Labute approximate surface area is 154 Å². The summed E-state index contributed by atoms with van der Waals surface area (Å²) in [5.74, 6) is 0.0956. The van der Waals surface area contributed by atoms with Crippen molar-refractivity contribution in [3.63, 3.8) is 0 Å². The summed E-state index contributed by atoms with van der Waals surface area (Å²) in [5.41, 5.74) is -0.605. The van der Waals surface area contributed by atoms with Gasteiger partial charge >= 0.3 is 12.1 Å². The SMILES string of the molecule is CC(C)(C)OC(=O)N1CC(O)(COc2c(Br)ccc3c2COC3=O)C1. The number of hydrogen-bond acceptors (Lipinski definition) is 6. The van der Waals surface area contributed by atoms with Crippen molar-refractivity contribution in [3.05, 3.63) is 27.7 Å². The standard InChI is InChI=1S/C17H20BrNO6/c1-16(2,3)25-15(21)19-7-17(22,8-19)9-24-13-11-6-23-14(20)10(11)4-5-12(13)18/h4-5,22H,6-9H2,1-3H3. The number of likely N-dealkylation sites (tertiary alicyclic amines) is 1. The largest absolute Gasteiger partial charge is 0.489 e. The van der Waals surface area contributed by atoms with E-state index in [1.807, 2.05) is 0 Å². The van der Waals surface area contributed by atoms with Gasteiger partial charge in [-0.2, -0.15) is 0 Å². The monoisotopic (exact) mass is 413 g/mol. The van der Waals surface area contributed by atoms with Crippen LogP contribution in [0.3, 0.4) is 0 Å². The number of nitrogens with zero attached hydrogens (tertiary/aromatic N) is 1. The van der Waals surface area contributed by atoms with Crippen LogP contribution in [0.5, 0.6) is 5.75 Å². The maximum Gasteiger partial charge on any atom is 0.410 e. The molecule has 1 aromatic carbocycles. The van der Waals surface area contributed by atoms with Crippen LogP contribution in [0.25, 0.3) is 0 Å². The number of ether oxygens (including phenoxy) is 3. The molecular formula is C17H20BrNO6. The highest BCUT2D eigenvalue weighted by Crippen LogP contribution is 2.37. The summed E-state index contributed by atoms with van der Waals surface area (Å²) in [7, 11) is 0. The minimum Gasteiger partial charge on any atom is -0.489 e. The van der Waals surface area contributed by atoms with Gasteiger partial charge < -0.3 is 24.2 Å². The molecule has 0 unspecified atom stereocenters. The number of β-amino-alcohol motifs (C(OH)–C–C–N with tert-alkyl or cyclic N) is 1. The fraction of sp³-hybridized carbons (Fsp3) is 0.529. The number of cyclic esters (lactones) is 1. The van der Waals surface area contributed by atoms with Gasteiger partial charge in [-0.25, -0.2) is 9.59 Å². The van der Waals surface area contributed by atoms with Crippen molar-refractivity contribution in [1.29, 1.82) is 0 Å². The molecule has 8 heteroatoms. The van der Waals surface area contributed by atoms with Gasteiger partial charge in [-0.3, -0.25) is 0 Å². The molecule has 1 N–H and O–H groups in total. The zero-order valence-electron chi connectivity index (χ0n) is 14.3. The molecular weight excluding hydrogens is 394 g/mol. The molecule has 25 heavy (non-hydrogen) atoms. The van der Waals surface area contributed by atoms with Gasteiger partial charge in [0.2, 0.25) is 0 Å². The van der Waals surface area contributed by atoms with Crippen molar-refractivity contribution in [2.75, 3.05) is 19.7 Å². The summed E-state index contributed by atoms with van der Waals surface area (Å²) in [6.07, 6.45) is -0.460. The number of carbonyl (C=O) groups excluding carboxylic acids is 2. The van der Waals surface area contributed by atoms with Gasteiger partial charge in [-0.1, -0.05) is 0 Å². The molecule has 0 aromatic heterocycles. The minimum atomic E-state index is -1.15. The molecule has 1 amide bonds. The molecule has 0 saturated carbocycles. The highest BCUT2D eigenvalue weighted by Gasteiger charge is 2.46. The summed E-state index contributed by atoms with van der Waals surface area (Å²) in [6, 6.07) is 3.38. The molecule has 0 radical (unpaired) electrons. The first-order valence-corrected chi connectivity index (χ1v) is 8.69. The second-order valence-electron chi connectivity index (χ2n) is 7.33. The van der Waals surface area contributed by atoms with Crippen molar-refractivity contribution >= 4 is 28.0 Å². The van der Waals surface area contributed by atoms with Crippen molar-refractivity contribution in [1.82, 2.24) is 4.90 Å². The van der Waals surface area contributed by atoms with Crippen LogP contribution in [0, 0.1) is 0 Å². The summed E-state index contributed by atoms with van der Waals surface area (Å²) < 4.78 is 16.7. The maximum atomic E-state index is 11.9. The number of hydrogen-bond donors (Lipinski definition) is 1. The maximum absolute atomic E-state index is 11.9. The fourth-order valence-electron chi connectivity index (χ4n) is 2.72. The van der Waals surface area contributed by atoms with Crippen molar-refractivity contribution in [2.24, 2.45) is 0 Å². The number of carbonyl (C=O) groups is 2. The van der Waals surface area contributed by atoms with Crippen LogP contribution < -0.4 is 4.74 Å². The van der Waals surface area contributed by atoms with Crippen LogP contribution in [0.2, 0.25) is 0 Å². The third-order valence-corrected chi connectivity index (χ3v) is 4.51. The third kappa shape index (κ3) is 3.74. The molecule has 2 aliphatic rings. The first-order chi connectivity index (χ1) is 11.6. The Morgan fingerprint density at radius 2 is 2.08 bits per heavy atom. The molecule has 0 atom stereocenters. The van der Waals surface area contributed by atoms with Crippen LogP contribution in [0.15, 0.2) is 16.6 Å². The molecule has 1 aromatic rings. The molecule has 0 spiro atoms. The molecule has 2 heterocycles. The van der Waals surface area contributed by atoms with E-state index in [0.717, 1.165) is 0 Å². The molecule has 0 aliphatic carbocycles. The van der Waals surface area contributed by atoms with E-state index in [4.69, 9.17) is 14.2 Å². The lowest BCUT2D eigenvalue weighted by atomic mass is 9.96. The average molecular weight is 414 g/mol. The minimum absolute atomic E-state index is 0.00442. The number of aliphatic hydroxyl groups is 1. The van der Waals surface area contributed by atoms with Crippen molar-refractivity contribution < 1.29 is 28.9 Å². The molecule has 3 rings (SSSR count). The number of rotatable bonds is 3. The Hall–Kier alpha value is -1.80. The number of esters is 1. The van der Waals surface area contributed by atoms with Crippen LogP contribution in [-0.4, -0.2) is 53.0 Å². The second kappa shape index (κ2) is 6.17. The fourth-order valence-corrected chi connectivity index (χ4v) is 3.21. The Bertz CT molecular complexity index is 721. The van der Waals surface area contributed by atoms with Gasteiger partial charge in [0.05, 0.1) is 23.1 Å². The highest BCUT2D eigenvalue weighted by atomic mass is 79.9. The number of amides is 1. The first-order valence-electron chi connectivity index (χ1n) is 7.90. The predicted molar refractivity (Wildman–Crippen MR) is 91.5 cm³/mol. The zero-order chi connectivity index (χ0) is 18.4. The molecule has 1 fully saturated rings. The van der Waals surface area contributed by atoms with E-state index in [2.05, 4.69) is 15.9 Å². The molecule has 1 saturated heterocycles. The summed E-state index contributed by atoms with van der Waals surface area (Å²) in [6.45, 7) is 5.76. The molecule has 7 nitrogen and oxygen atoms in total. The van der Waals surface area contributed by atoms with E-state index in [1.54, 1.807) is 32.9 Å². The summed E-state index contributed by atoms with van der Waals surface area (Å²) in [4.78, 5) is 25.0. The van der Waals surface area contributed by atoms with Gasteiger partial charge in [0, 0.05) is 5.56 Å². The quantitative estimate of drug-likeness (QED) is 0.766. The Kier molecular flexibility index (Phi) is 4.45. The smallest absolute Gasteiger partial charge is 0.410 e. The average Bonchev–Trinajstić information content (AvgIpc) is 2.83. The number of fused-ring (bicyclic) bond motifs is 1. The van der Waals surface area contributed by atoms with Gasteiger partial charge in [0.1, 0.15) is 30.2 Å². The van der Waals surface area contributed by atoms with Crippen LogP contribution in [-0.2, 0) is 16.1 Å². The first kappa shape index (κ1) is 18.0. The number of halogens is 1. The lowest BCUT2D eigenvalue weighted by molar-refractivity contribution is -0.117. The van der Waals surface area contributed by atoms with Gasteiger partial charge in [-0.05, 0) is 48.8 Å². The van der Waals surface area contributed by atoms with Crippen molar-refractivity contribution in [3.8, 4) is 5.75 Å². The molecule has 0 bridgehead atoms. The normalized spacial score (nSPS) is 18.3. The van der Waals surface area contributed by atoms with E-state index >= 15 is 0 Å². The highest BCUT2D eigenvalue weighted by molar-refractivity contribution is 9.10. The predicted octanol–water partition coefficient (Wildman–Crippen LogP) is 2.48. The van der Waals surface area contributed by atoms with E-state index in [1.165, 1.54) is 4.90 Å². The lowest BCUT2D eigenvalue weighted by Gasteiger charge is -2.45. The summed E-state index contributed by atoms with van der Waals surface area (Å²) >= 11 is 3.39. The van der Waals surface area contributed by atoms with Gasteiger partial charge in [-0.15, -0.1) is 0 Å². The number of benzene rings is 1. The van der Waals surface area contributed by atoms with Crippen LogP contribution >= 0.6 is 15.9 Å². The zero-order valence-corrected chi connectivity index (χ0v) is 15.9. The van der Waals surface area contributed by atoms with Crippen LogP contribution in [0.4, 0.5) is 4.79 Å². The van der Waals surface area contributed by atoms with E-state index in [0.29, 0.717) is 21.3 Å². The van der Waals surface area contributed by atoms with E-state index in [-0.39, 0.29) is 32.3 Å².